The first-order chi connectivity index (χ1) is 9.63. The fourth-order valence-corrected chi connectivity index (χ4v) is 3.55. The second-order valence-electron chi connectivity index (χ2n) is 5.00. The number of benzene rings is 1. The SMILES string of the molecule is NC(=S)c1ccc(F)c(CN2CCc3sccc3C2)c1. The molecular formula is C15H15FN2S2. The van der Waals surface area contributed by atoms with Gasteiger partial charge in [-0.25, -0.2) is 4.39 Å². The molecule has 0 bridgehead atoms. The standard InChI is InChI=1S/C15H15FN2S2/c16-13-2-1-10(15(17)19)7-12(13)9-18-5-3-14-11(8-18)4-6-20-14/h1-2,4,6-7H,3,5,8-9H2,(H2,17,19). The highest BCUT2D eigenvalue weighted by Crippen LogP contribution is 2.25. The summed E-state index contributed by atoms with van der Waals surface area (Å²) in [4.78, 5) is 4.03. The number of hydrogen-bond acceptors (Lipinski definition) is 3. The van der Waals surface area contributed by atoms with Crippen LogP contribution in [-0.4, -0.2) is 16.4 Å². The Bertz CT molecular complexity index is 651. The summed E-state index contributed by atoms with van der Waals surface area (Å²) in [6.07, 6.45) is 1.05. The zero-order valence-electron chi connectivity index (χ0n) is 10.9. The first-order valence-electron chi connectivity index (χ1n) is 6.49. The van der Waals surface area contributed by atoms with Gasteiger partial charge in [0, 0.05) is 35.6 Å². The van der Waals surface area contributed by atoms with Crippen LogP contribution in [0.15, 0.2) is 29.6 Å². The van der Waals surface area contributed by atoms with Gasteiger partial charge in [0.05, 0.1) is 0 Å². The Balaban J connectivity index is 1.78. The van der Waals surface area contributed by atoms with Crippen molar-refractivity contribution >= 4 is 28.5 Å². The third-order valence-corrected chi connectivity index (χ3v) is 4.87. The van der Waals surface area contributed by atoms with Gasteiger partial charge in [-0.3, -0.25) is 4.90 Å². The fraction of sp³-hybridized carbons (Fsp3) is 0.267. The normalized spacial score (nSPS) is 15.1. The summed E-state index contributed by atoms with van der Waals surface area (Å²) >= 11 is 6.76. The molecule has 2 N–H and O–H groups in total. The molecule has 0 spiro atoms. The number of rotatable bonds is 3. The van der Waals surface area contributed by atoms with E-state index in [2.05, 4.69) is 16.3 Å². The van der Waals surface area contributed by atoms with Crippen molar-refractivity contribution in [2.24, 2.45) is 5.73 Å². The summed E-state index contributed by atoms with van der Waals surface area (Å²) in [5.74, 6) is -0.193. The molecule has 0 amide bonds. The smallest absolute Gasteiger partial charge is 0.127 e. The largest absolute Gasteiger partial charge is 0.389 e. The Morgan fingerprint density at radius 2 is 2.25 bits per heavy atom. The van der Waals surface area contributed by atoms with Crippen molar-refractivity contribution in [3.8, 4) is 0 Å². The quantitative estimate of drug-likeness (QED) is 0.884. The molecule has 1 aromatic heterocycles. The zero-order chi connectivity index (χ0) is 14.1. The van der Waals surface area contributed by atoms with E-state index in [4.69, 9.17) is 18.0 Å². The summed E-state index contributed by atoms with van der Waals surface area (Å²) in [7, 11) is 0. The van der Waals surface area contributed by atoms with Gasteiger partial charge in [0.1, 0.15) is 10.8 Å². The molecule has 2 heterocycles. The molecule has 1 aliphatic rings. The second kappa shape index (κ2) is 5.60. The van der Waals surface area contributed by atoms with Crippen molar-refractivity contribution < 1.29 is 4.39 Å². The number of thiocarbonyl (C=S) groups is 1. The fourth-order valence-electron chi connectivity index (χ4n) is 2.53. The van der Waals surface area contributed by atoms with Crippen LogP contribution in [0.3, 0.4) is 0 Å². The molecule has 0 unspecified atom stereocenters. The maximum atomic E-state index is 13.9. The van der Waals surface area contributed by atoms with Crippen LogP contribution < -0.4 is 5.73 Å². The van der Waals surface area contributed by atoms with E-state index in [1.807, 2.05) is 11.3 Å². The number of nitrogens with two attached hydrogens (primary N) is 1. The van der Waals surface area contributed by atoms with E-state index in [1.165, 1.54) is 16.5 Å². The summed E-state index contributed by atoms with van der Waals surface area (Å²) < 4.78 is 13.9. The molecule has 0 atom stereocenters. The Hall–Kier alpha value is -1.30. The number of fused-ring (bicyclic) bond motifs is 1. The van der Waals surface area contributed by atoms with E-state index in [9.17, 15) is 4.39 Å². The molecule has 0 saturated carbocycles. The van der Waals surface area contributed by atoms with Crippen molar-refractivity contribution in [3.05, 3.63) is 57.0 Å². The second-order valence-corrected chi connectivity index (χ2v) is 6.44. The molecular weight excluding hydrogens is 291 g/mol. The van der Waals surface area contributed by atoms with Crippen molar-refractivity contribution in [3.63, 3.8) is 0 Å². The maximum absolute atomic E-state index is 13.9. The van der Waals surface area contributed by atoms with Gasteiger partial charge in [0.25, 0.3) is 0 Å². The Labute approximate surface area is 127 Å². The molecule has 20 heavy (non-hydrogen) atoms. The lowest BCUT2D eigenvalue weighted by Crippen LogP contribution is -2.29. The molecule has 0 fully saturated rings. The predicted molar refractivity (Wildman–Crippen MR) is 84.4 cm³/mol. The first-order valence-corrected chi connectivity index (χ1v) is 7.78. The summed E-state index contributed by atoms with van der Waals surface area (Å²) in [5, 5.41) is 2.13. The van der Waals surface area contributed by atoms with Gasteiger partial charge in [-0.2, -0.15) is 0 Å². The molecule has 0 radical (unpaired) electrons. The van der Waals surface area contributed by atoms with Crippen LogP contribution >= 0.6 is 23.6 Å². The number of hydrogen-bond donors (Lipinski definition) is 1. The average molecular weight is 306 g/mol. The van der Waals surface area contributed by atoms with Crippen LogP contribution in [0.2, 0.25) is 0 Å². The highest BCUT2D eigenvalue weighted by Gasteiger charge is 2.18. The van der Waals surface area contributed by atoms with Crippen LogP contribution in [0.1, 0.15) is 21.6 Å². The van der Waals surface area contributed by atoms with E-state index in [1.54, 1.807) is 12.1 Å². The van der Waals surface area contributed by atoms with Gasteiger partial charge in [0.2, 0.25) is 0 Å². The van der Waals surface area contributed by atoms with E-state index in [0.717, 1.165) is 25.1 Å². The van der Waals surface area contributed by atoms with Crippen LogP contribution in [-0.2, 0) is 19.5 Å². The molecule has 0 saturated heterocycles. The molecule has 2 aromatic rings. The van der Waals surface area contributed by atoms with E-state index < -0.39 is 0 Å². The van der Waals surface area contributed by atoms with Gasteiger partial charge in [0.15, 0.2) is 0 Å². The van der Waals surface area contributed by atoms with Gasteiger partial charge in [-0.05, 0) is 41.6 Å². The predicted octanol–water partition coefficient (Wildman–Crippen LogP) is 3.08. The van der Waals surface area contributed by atoms with Crippen LogP contribution in [0.25, 0.3) is 0 Å². The minimum absolute atomic E-state index is 0.193. The molecule has 2 nitrogen and oxygen atoms in total. The number of thiophene rings is 1. The first kappa shape index (κ1) is 13.7. The van der Waals surface area contributed by atoms with E-state index in [0.29, 0.717) is 17.1 Å². The topological polar surface area (TPSA) is 29.3 Å². The highest BCUT2D eigenvalue weighted by molar-refractivity contribution is 7.80. The molecule has 3 rings (SSSR count). The monoisotopic (exact) mass is 306 g/mol. The zero-order valence-corrected chi connectivity index (χ0v) is 12.6. The minimum atomic E-state index is -0.193. The van der Waals surface area contributed by atoms with Crippen LogP contribution in [0.5, 0.6) is 0 Å². The molecule has 1 aromatic carbocycles. The van der Waals surface area contributed by atoms with Crippen molar-refractivity contribution in [2.75, 3.05) is 6.54 Å². The van der Waals surface area contributed by atoms with Gasteiger partial charge in [-0.15, -0.1) is 11.3 Å². The molecule has 1 aliphatic heterocycles. The molecule has 104 valence electrons. The highest BCUT2D eigenvalue weighted by atomic mass is 32.1. The van der Waals surface area contributed by atoms with Crippen LogP contribution in [0, 0.1) is 5.82 Å². The van der Waals surface area contributed by atoms with Gasteiger partial charge >= 0.3 is 0 Å². The Morgan fingerprint density at radius 1 is 1.40 bits per heavy atom. The third-order valence-electron chi connectivity index (χ3n) is 3.61. The van der Waals surface area contributed by atoms with Crippen LogP contribution in [0.4, 0.5) is 4.39 Å². The maximum Gasteiger partial charge on any atom is 0.127 e. The van der Waals surface area contributed by atoms with E-state index in [-0.39, 0.29) is 5.82 Å². The van der Waals surface area contributed by atoms with Crippen molar-refractivity contribution in [1.29, 1.82) is 0 Å². The third kappa shape index (κ3) is 2.75. The van der Waals surface area contributed by atoms with Crippen molar-refractivity contribution in [1.82, 2.24) is 4.90 Å². The summed E-state index contributed by atoms with van der Waals surface area (Å²) in [6, 6.07) is 7.01. The molecule has 0 aliphatic carbocycles. The number of nitrogens with zero attached hydrogens (tertiary/aromatic N) is 1. The van der Waals surface area contributed by atoms with Crippen molar-refractivity contribution in [2.45, 2.75) is 19.5 Å². The Kier molecular flexibility index (Phi) is 3.83. The number of halogens is 1. The lowest BCUT2D eigenvalue weighted by atomic mass is 10.1. The van der Waals surface area contributed by atoms with Gasteiger partial charge < -0.3 is 5.73 Å². The Morgan fingerprint density at radius 3 is 3.05 bits per heavy atom. The average Bonchev–Trinajstić information content (AvgIpc) is 2.88. The lowest BCUT2D eigenvalue weighted by Gasteiger charge is -2.27. The minimum Gasteiger partial charge on any atom is -0.389 e. The summed E-state index contributed by atoms with van der Waals surface area (Å²) in [5.41, 5.74) is 8.37. The van der Waals surface area contributed by atoms with Gasteiger partial charge in [-0.1, -0.05) is 12.2 Å². The lowest BCUT2D eigenvalue weighted by molar-refractivity contribution is 0.244. The molecule has 5 heteroatoms. The van der Waals surface area contributed by atoms with E-state index >= 15 is 0 Å². The summed E-state index contributed by atoms with van der Waals surface area (Å²) in [6.45, 7) is 2.44.